The Labute approximate surface area is 731 Å². The molecule has 0 aromatic heterocycles. The first kappa shape index (κ1) is 79.9. The molecule has 1 aliphatic carbocycles. The highest BCUT2D eigenvalue weighted by Crippen LogP contribution is 2.46. The normalized spacial score (nSPS) is 18.0. The van der Waals surface area contributed by atoms with Crippen LogP contribution in [0.1, 0.15) is 99.6 Å². The average Bonchev–Trinajstić information content (AvgIpc) is 1.51. The Kier molecular flexibility index (Phi) is 21.3. The Morgan fingerprint density at radius 3 is 1.18 bits per heavy atom. The summed E-state index contributed by atoms with van der Waals surface area (Å²) in [5, 5.41) is 10.4. The number of nitrogens with two attached hydrogens (primary N) is 2. The lowest BCUT2D eigenvalue weighted by molar-refractivity contribution is -0.427. The van der Waals surface area contributed by atoms with Crippen LogP contribution in [-0.2, 0) is 30.4 Å². The van der Waals surface area contributed by atoms with E-state index in [0.717, 1.165) is 109 Å². The minimum absolute atomic E-state index is 0.0804. The topological polar surface area (TPSA) is 125 Å². The molecule has 12 aromatic rings. The van der Waals surface area contributed by atoms with E-state index in [0.29, 0.717) is 11.4 Å². The second kappa shape index (κ2) is 31.8. The Morgan fingerprint density at radius 2 is 0.739 bits per heavy atom. The molecule has 0 radical (unpaired) electrons. The van der Waals surface area contributed by atoms with Gasteiger partial charge < -0.3 is 30.9 Å². The first-order chi connectivity index (χ1) is 57.3. The second-order valence-electron chi connectivity index (χ2n) is 35.0. The second-order valence-corrected chi connectivity index (χ2v) is 54.8. The molecule has 10 aliphatic rings. The number of carbonyl (C=O) groups is 3. The highest BCUT2D eigenvalue weighted by atomic mass is 127. The maximum atomic E-state index is 13.7. The van der Waals surface area contributed by atoms with Gasteiger partial charge in [-0.15, -0.1) is 0 Å². The van der Waals surface area contributed by atoms with Crippen LogP contribution < -0.4 is 62.5 Å². The van der Waals surface area contributed by atoms with E-state index in [1.54, 1.807) is 22.5 Å². The van der Waals surface area contributed by atoms with Gasteiger partial charge in [-0.2, -0.15) is 4.58 Å². The summed E-state index contributed by atoms with van der Waals surface area (Å²) in [6, 6.07) is 88.1. The van der Waals surface area contributed by atoms with Gasteiger partial charge in [-0.3, -0.25) is 14.4 Å². The molecule has 119 heavy (non-hydrogen) atoms. The molecule has 0 atom stereocenters. The van der Waals surface area contributed by atoms with Gasteiger partial charge in [-0.1, -0.05) is 168 Å². The van der Waals surface area contributed by atoms with Gasteiger partial charge in [-0.25, -0.2) is 0 Å². The number of ether oxygens (including phenoxy) is 1. The van der Waals surface area contributed by atoms with Crippen LogP contribution >= 0.6 is 45.2 Å². The van der Waals surface area contributed by atoms with Crippen molar-refractivity contribution in [3.63, 3.8) is 0 Å². The van der Waals surface area contributed by atoms with Gasteiger partial charge in [0.2, 0.25) is 11.4 Å². The number of hydrogen-bond donors (Lipinski definition) is 2. The average molecular weight is 1850 g/mol. The van der Waals surface area contributed by atoms with Crippen molar-refractivity contribution in [1.29, 1.82) is 0 Å². The fraction of sp³-hybridized carbons (Fsp3) is 0.204. The molecular formula is C103H99I2N6O4Si4+. The molecule has 12 aromatic carbocycles. The summed E-state index contributed by atoms with van der Waals surface area (Å²) in [4.78, 5) is 46.2. The number of aryl methyl sites for hydroxylation is 1. The third-order valence-corrected chi connectivity index (χ3v) is 41.9. The molecule has 9 heterocycles. The monoisotopic (exact) mass is 1850 g/mol. The molecule has 1 fully saturated rings. The number of benzene rings is 12. The van der Waals surface area contributed by atoms with Crippen LogP contribution in [0.5, 0.6) is 0 Å². The molecule has 0 bridgehead atoms. The number of allylic oxidation sites excluding steroid dienone is 5. The summed E-state index contributed by atoms with van der Waals surface area (Å²) in [7, 11) is -7.83. The lowest BCUT2D eigenvalue weighted by Gasteiger charge is -2.38. The molecule has 0 amide bonds. The van der Waals surface area contributed by atoms with E-state index >= 15 is 0 Å². The minimum atomic E-state index is -2.10. The predicted octanol–water partition coefficient (Wildman–Crippen LogP) is 18.5. The number of nitrogen functional groups attached to an aromatic ring is 2. The van der Waals surface area contributed by atoms with Gasteiger partial charge in [0.25, 0.3) is 0 Å². The van der Waals surface area contributed by atoms with Gasteiger partial charge in [-0.05, 0) is 304 Å². The van der Waals surface area contributed by atoms with E-state index in [4.69, 9.17) is 16.2 Å². The zero-order valence-electron chi connectivity index (χ0n) is 69.2. The molecule has 0 unspecified atom stereocenters. The van der Waals surface area contributed by atoms with Gasteiger partial charge >= 0.3 is 0 Å². The van der Waals surface area contributed by atoms with Crippen LogP contribution in [0.25, 0.3) is 5.57 Å². The van der Waals surface area contributed by atoms with Crippen molar-refractivity contribution in [2.24, 2.45) is 0 Å². The number of ketones is 3. The Balaban J connectivity index is 0.000000112. The molecule has 9 aliphatic heterocycles. The summed E-state index contributed by atoms with van der Waals surface area (Å²) >= 11 is 4.65. The highest BCUT2D eigenvalue weighted by Gasteiger charge is 2.45. The smallest absolute Gasteiger partial charge is 0.209 e. The van der Waals surface area contributed by atoms with E-state index in [-0.39, 0.29) is 17.3 Å². The highest BCUT2D eigenvalue weighted by molar-refractivity contribution is 14.1. The SMILES string of the molecule is C1CCOC1.C[Si]1(C)c2cc(I)ccc2C(=O)c2ccc(I)cc21.C[Si]1(C)c2cc(N)ccc2C(=O)c2ccc(N)cc21.C[Si]1(C)c2cc(N3CCc4ccccc43)ccc2C(=O)c2ccc(N3CCc4ccccc43)cc21.Cc1ccccc1C1=C2C=CC(=[N+]3CCc4ccccc43)C=C2[Si](C)(C)c2cc(N3CCc4ccccc43)ccc21. The van der Waals surface area contributed by atoms with Gasteiger partial charge in [0.15, 0.2) is 23.9 Å². The molecule has 16 heteroatoms. The largest absolute Gasteiger partial charge is 0.399 e. The predicted molar refractivity (Wildman–Crippen MR) is 523 cm³/mol. The number of nitrogens with zero attached hydrogens (tertiary/aromatic N) is 4. The Morgan fingerprint density at radius 1 is 0.370 bits per heavy atom. The number of fused-ring (bicyclic) bond motifs is 12. The van der Waals surface area contributed by atoms with Crippen LogP contribution in [-0.4, -0.2) is 99.3 Å². The number of rotatable bonds is 4. The van der Waals surface area contributed by atoms with Gasteiger partial charge in [0, 0.05) is 149 Å². The van der Waals surface area contributed by atoms with Crippen molar-refractivity contribution in [2.75, 3.05) is 65.6 Å². The van der Waals surface area contributed by atoms with Crippen molar-refractivity contribution >= 4 is 194 Å². The molecule has 0 saturated carbocycles. The minimum Gasteiger partial charge on any atom is -0.399 e. The van der Waals surface area contributed by atoms with Crippen LogP contribution in [0.4, 0.5) is 51.2 Å². The first-order valence-electron chi connectivity index (χ1n) is 41.9. The quantitative estimate of drug-likeness (QED) is 0.0767. The lowest BCUT2D eigenvalue weighted by Crippen LogP contribution is -2.60. The van der Waals surface area contributed by atoms with Crippen molar-refractivity contribution in [3.05, 3.63) is 357 Å². The standard InChI is InChI=1S/C38H35N2Si.C31H28N2OSi.C15H12I2OSi.C15H16N2OSi.C4H8O/c1-26-10-4-7-13-31(26)38-32-18-16-29(39-22-20-27-11-5-8-14-34(27)39)24-36(32)41(2,3)37-25-30(17-19-33(37)38)40-23-21-28-12-6-9-15-35(28)40;1-35(2)29-19-23(32-17-15-21-7-3-5-9-27(21)32)11-13-25(29)31(34)26-14-12-24(20-30(26)35)33-18-16-22-8-4-6-10-28(22)33;2*1-19(2)13-7-9(16)3-5-11(13)15(18)12-6-4-10(17)8-14(12)19;1-2-4-5-3-1/h4-19,24-25H,20-23H2,1-3H3;3-14,19-20H,15-18H2,1-2H3;3-8H,1-2H3;3-8H,16-17H2,1-2H3;1-4H2/q+1;;;;. The number of hydrogen-bond acceptors (Lipinski definition) is 9. The van der Waals surface area contributed by atoms with Crippen molar-refractivity contribution in [3.8, 4) is 0 Å². The summed E-state index contributed by atoms with van der Waals surface area (Å²) in [6.45, 7) is 27.4. The van der Waals surface area contributed by atoms with E-state index < -0.39 is 32.3 Å². The molecule has 0 spiro atoms. The third-order valence-electron chi connectivity index (χ3n) is 26.5. The maximum Gasteiger partial charge on any atom is 0.209 e. The number of halogens is 2. The van der Waals surface area contributed by atoms with Crippen LogP contribution in [0.3, 0.4) is 0 Å². The summed E-state index contributed by atoms with van der Waals surface area (Å²) in [5.74, 6) is 0.435. The molecular weight excluding hydrogens is 1750 g/mol. The number of carbonyl (C=O) groups excluding carboxylic acids is 3. The van der Waals surface area contributed by atoms with Crippen molar-refractivity contribution in [2.45, 2.75) is 97.8 Å². The van der Waals surface area contributed by atoms with Crippen LogP contribution in [0, 0.1) is 14.1 Å². The Bertz CT molecular complexity index is 6010. The Hall–Kier alpha value is -10.2. The third kappa shape index (κ3) is 14.4. The van der Waals surface area contributed by atoms with E-state index in [2.05, 4.69) is 330 Å². The van der Waals surface area contributed by atoms with E-state index in [9.17, 15) is 14.4 Å². The molecule has 22 rings (SSSR count). The molecule has 4 N–H and O–H groups in total. The van der Waals surface area contributed by atoms with Gasteiger partial charge in [0.05, 0.1) is 0 Å². The summed E-state index contributed by atoms with van der Waals surface area (Å²) in [5.41, 5.74) is 41.4. The van der Waals surface area contributed by atoms with Crippen LogP contribution in [0.2, 0.25) is 52.4 Å². The van der Waals surface area contributed by atoms with Crippen molar-refractivity contribution in [1.82, 2.24) is 0 Å². The van der Waals surface area contributed by atoms with E-state index in [1.165, 1.54) is 136 Å². The fourth-order valence-corrected chi connectivity index (χ4v) is 33.8. The summed E-state index contributed by atoms with van der Waals surface area (Å²) < 4.78 is 9.89. The maximum absolute atomic E-state index is 13.7. The molecule has 10 nitrogen and oxygen atoms in total. The number of anilines is 8. The lowest BCUT2D eigenvalue weighted by atomic mass is 9.87. The van der Waals surface area contributed by atoms with Crippen molar-refractivity contribution < 1.29 is 23.7 Å². The molecule has 594 valence electrons. The number of para-hydroxylation sites is 4. The van der Waals surface area contributed by atoms with E-state index in [1.807, 2.05) is 48.5 Å². The fourth-order valence-electron chi connectivity index (χ4n) is 20.0. The first-order valence-corrected chi connectivity index (χ1v) is 56.1. The van der Waals surface area contributed by atoms with Crippen LogP contribution in [0.15, 0.2) is 278 Å². The molecule has 1 saturated heterocycles. The zero-order valence-corrected chi connectivity index (χ0v) is 77.5. The zero-order chi connectivity index (χ0) is 82.6. The summed E-state index contributed by atoms with van der Waals surface area (Å²) in [6.07, 6.45) is 14.2. The van der Waals surface area contributed by atoms with Gasteiger partial charge in [0.1, 0.15) is 32.3 Å².